The second-order valence-corrected chi connectivity index (χ2v) is 5.10. The number of hydrogen-bond donors (Lipinski definition) is 2. The highest BCUT2D eigenvalue weighted by Crippen LogP contribution is 2.20. The molecular formula is C14H25N3O2. The molecule has 0 saturated carbocycles. The van der Waals surface area contributed by atoms with Gasteiger partial charge in [0.2, 0.25) is 5.91 Å². The molecule has 0 radical (unpaired) electrons. The van der Waals surface area contributed by atoms with Crippen molar-refractivity contribution in [2.24, 2.45) is 0 Å². The van der Waals surface area contributed by atoms with Crippen LogP contribution in [0.15, 0.2) is 4.52 Å². The molecule has 0 fully saturated rings. The van der Waals surface area contributed by atoms with Gasteiger partial charge in [0, 0.05) is 17.6 Å². The fourth-order valence-corrected chi connectivity index (χ4v) is 2.29. The lowest BCUT2D eigenvalue weighted by atomic mass is 10.1. The maximum atomic E-state index is 11.8. The predicted octanol–water partition coefficient (Wildman–Crippen LogP) is 2.25. The Morgan fingerprint density at radius 1 is 1.37 bits per heavy atom. The second-order valence-electron chi connectivity index (χ2n) is 5.10. The standard InChI is InChI=1S/C14H25N3O2/c1-6-7-9(2)16-13(18)8-15-10(3)14-11(4)17-19-12(14)5/h9-10,15H,6-8H2,1-5H3,(H,16,18). The van der Waals surface area contributed by atoms with Crippen molar-refractivity contribution in [3.8, 4) is 0 Å². The van der Waals surface area contributed by atoms with Crippen molar-refractivity contribution in [2.45, 2.75) is 59.5 Å². The van der Waals surface area contributed by atoms with Crippen LogP contribution < -0.4 is 10.6 Å². The third-order valence-corrected chi connectivity index (χ3v) is 3.22. The van der Waals surface area contributed by atoms with Gasteiger partial charge in [0.1, 0.15) is 5.76 Å². The molecule has 0 aliphatic heterocycles. The van der Waals surface area contributed by atoms with Crippen LogP contribution in [-0.2, 0) is 4.79 Å². The van der Waals surface area contributed by atoms with Gasteiger partial charge < -0.3 is 15.2 Å². The number of hydrogen-bond acceptors (Lipinski definition) is 4. The zero-order valence-corrected chi connectivity index (χ0v) is 12.5. The summed E-state index contributed by atoms with van der Waals surface area (Å²) in [5, 5.41) is 10.1. The van der Waals surface area contributed by atoms with Crippen molar-refractivity contribution in [3.05, 3.63) is 17.0 Å². The van der Waals surface area contributed by atoms with E-state index in [-0.39, 0.29) is 18.0 Å². The van der Waals surface area contributed by atoms with Crippen LogP contribution in [0.4, 0.5) is 0 Å². The molecule has 1 heterocycles. The van der Waals surface area contributed by atoms with Crippen LogP contribution in [0.2, 0.25) is 0 Å². The molecular weight excluding hydrogens is 242 g/mol. The smallest absolute Gasteiger partial charge is 0.234 e. The van der Waals surface area contributed by atoms with E-state index in [2.05, 4.69) is 22.7 Å². The van der Waals surface area contributed by atoms with Gasteiger partial charge in [-0.1, -0.05) is 18.5 Å². The summed E-state index contributed by atoms with van der Waals surface area (Å²) in [5.41, 5.74) is 1.91. The fourth-order valence-electron chi connectivity index (χ4n) is 2.29. The largest absolute Gasteiger partial charge is 0.361 e. The zero-order valence-electron chi connectivity index (χ0n) is 12.5. The average molecular weight is 267 g/mol. The van der Waals surface area contributed by atoms with E-state index < -0.39 is 0 Å². The van der Waals surface area contributed by atoms with E-state index in [1.54, 1.807) is 0 Å². The molecule has 2 atom stereocenters. The highest BCUT2D eigenvalue weighted by atomic mass is 16.5. The van der Waals surface area contributed by atoms with Crippen LogP contribution in [-0.4, -0.2) is 23.7 Å². The molecule has 0 saturated heterocycles. The van der Waals surface area contributed by atoms with E-state index in [1.165, 1.54) is 0 Å². The SMILES string of the molecule is CCCC(C)NC(=O)CNC(C)c1c(C)noc1C. The second kappa shape index (κ2) is 7.28. The Morgan fingerprint density at radius 2 is 2.05 bits per heavy atom. The summed E-state index contributed by atoms with van der Waals surface area (Å²) < 4.78 is 5.13. The van der Waals surface area contributed by atoms with Gasteiger partial charge in [0.25, 0.3) is 0 Å². The molecule has 5 heteroatoms. The minimum Gasteiger partial charge on any atom is -0.361 e. The van der Waals surface area contributed by atoms with Crippen LogP contribution in [0.1, 0.15) is 56.7 Å². The number of carbonyl (C=O) groups excluding carboxylic acids is 1. The summed E-state index contributed by atoms with van der Waals surface area (Å²) in [6.07, 6.45) is 2.08. The lowest BCUT2D eigenvalue weighted by Gasteiger charge is -2.16. The molecule has 108 valence electrons. The minimum atomic E-state index is 0.0274. The number of aryl methyl sites for hydroxylation is 2. The van der Waals surface area contributed by atoms with Crippen molar-refractivity contribution in [3.63, 3.8) is 0 Å². The molecule has 0 aliphatic carbocycles. The Morgan fingerprint density at radius 3 is 2.58 bits per heavy atom. The van der Waals surface area contributed by atoms with Crippen molar-refractivity contribution in [1.82, 2.24) is 15.8 Å². The number of carbonyl (C=O) groups is 1. The molecule has 1 amide bonds. The van der Waals surface area contributed by atoms with Crippen LogP contribution in [0.3, 0.4) is 0 Å². The molecule has 2 unspecified atom stereocenters. The van der Waals surface area contributed by atoms with Crippen molar-refractivity contribution < 1.29 is 9.32 Å². The molecule has 0 bridgehead atoms. The minimum absolute atomic E-state index is 0.0274. The topological polar surface area (TPSA) is 67.2 Å². The molecule has 1 rings (SSSR count). The molecule has 2 N–H and O–H groups in total. The Kier molecular flexibility index (Phi) is 6.02. The van der Waals surface area contributed by atoms with Gasteiger partial charge in [0.15, 0.2) is 0 Å². The first-order chi connectivity index (χ1) is 8.95. The van der Waals surface area contributed by atoms with E-state index in [0.717, 1.165) is 29.9 Å². The van der Waals surface area contributed by atoms with Gasteiger partial charge in [-0.05, 0) is 34.1 Å². The van der Waals surface area contributed by atoms with Gasteiger partial charge in [-0.25, -0.2) is 0 Å². The summed E-state index contributed by atoms with van der Waals surface area (Å²) in [4.78, 5) is 11.8. The third-order valence-electron chi connectivity index (χ3n) is 3.22. The summed E-state index contributed by atoms with van der Waals surface area (Å²) in [5.74, 6) is 0.830. The molecule has 0 spiro atoms. The predicted molar refractivity (Wildman–Crippen MR) is 74.9 cm³/mol. The molecule has 1 aromatic rings. The maximum absolute atomic E-state index is 11.8. The Labute approximate surface area is 115 Å². The number of aromatic nitrogens is 1. The van der Waals surface area contributed by atoms with Gasteiger partial charge in [0.05, 0.1) is 12.2 Å². The summed E-state index contributed by atoms with van der Waals surface area (Å²) >= 11 is 0. The summed E-state index contributed by atoms with van der Waals surface area (Å²) in [6, 6.07) is 0.284. The first-order valence-corrected chi connectivity index (χ1v) is 6.91. The maximum Gasteiger partial charge on any atom is 0.234 e. The Hall–Kier alpha value is -1.36. The van der Waals surface area contributed by atoms with E-state index >= 15 is 0 Å². The molecule has 19 heavy (non-hydrogen) atoms. The number of amides is 1. The Bertz CT molecular complexity index is 395. The summed E-state index contributed by atoms with van der Waals surface area (Å²) in [6.45, 7) is 10.2. The fraction of sp³-hybridized carbons (Fsp3) is 0.714. The van der Waals surface area contributed by atoms with Crippen molar-refractivity contribution in [2.75, 3.05) is 6.54 Å². The third kappa shape index (κ3) is 4.67. The number of nitrogens with one attached hydrogen (secondary N) is 2. The zero-order chi connectivity index (χ0) is 14.4. The van der Waals surface area contributed by atoms with E-state index in [9.17, 15) is 4.79 Å². The van der Waals surface area contributed by atoms with Crippen LogP contribution in [0, 0.1) is 13.8 Å². The van der Waals surface area contributed by atoms with Crippen LogP contribution in [0.25, 0.3) is 0 Å². The molecule has 1 aromatic heterocycles. The lowest BCUT2D eigenvalue weighted by Crippen LogP contribution is -2.39. The van der Waals surface area contributed by atoms with E-state index in [0.29, 0.717) is 6.54 Å². The van der Waals surface area contributed by atoms with Crippen molar-refractivity contribution in [1.29, 1.82) is 0 Å². The van der Waals surface area contributed by atoms with Crippen molar-refractivity contribution >= 4 is 5.91 Å². The van der Waals surface area contributed by atoms with Gasteiger partial charge in [-0.2, -0.15) is 0 Å². The Balaban J connectivity index is 2.42. The molecule has 0 aliphatic rings. The van der Waals surface area contributed by atoms with Crippen LogP contribution >= 0.6 is 0 Å². The highest BCUT2D eigenvalue weighted by molar-refractivity contribution is 5.78. The van der Waals surface area contributed by atoms with Gasteiger partial charge in [-0.3, -0.25) is 4.79 Å². The number of nitrogens with zero attached hydrogens (tertiary/aromatic N) is 1. The van der Waals surface area contributed by atoms with E-state index in [4.69, 9.17) is 4.52 Å². The first kappa shape index (κ1) is 15.7. The van der Waals surface area contributed by atoms with Gasteiger partial charge >= 0.3 is 0 Å². The average Bonchev–Trinajstić information content (AvgIpc) is 2.66. The van der Waals surface area contributed by atoms with Gasteiger partial charge in [-0.15, -0.1) is 0 Å². The number of rotatable bonds is 7. The molecule has 5 nitrogen and oxygen atoms in total. The molecule has 0 aromatic carbocycles. The quantitative estimate of drug-likeness (QED) is 0.795. The highest BCUT2D eigenvalue weighted by Gasteiger charge is 2.17. The monoisotopic (exact) mass is 267 g/mol. The summed E-state index contributed by atoms with van der Waals surface area (Å²) in [7, 11) is 0. The first-order valence-electron chi connectivity index (χ1n) is 6.91. The normalized spacial score (nSPS) is 14.2. The lowest BCUT2D eigenvalue weighted by molar-refractivity contribution is -0.121. The van der Waals surface area contributed by atoms with Crippen LogP contribution in [0.5, 0.6) is 0 Å². The van der Waals surface area contributed by atoms with E-state index in [1.807, 2.05) is 27.7 Å².